The second kappa shape index (κ2) is 6.45. The largest absolute Gasteiger partial charge is 0.505 e. The highest BCUT2D eigenvalue weighted by molar-refractivity contribution is 6.22. The minimum atomic E-state index is -0.344. The Bertz CT molecular complexity index is 722. The van der Waals surface area contributed by atoms with E-state index in [2.05, 4.69) is 5.43 Å². The normalized spacial score (nSPS) is 19.2. The van der Waals surface area contributed by atoms with Crippen LogP contribution in [0.2, 0.25) is 0 Å². The first-order chi connectivity index (χ1) is 11.5. The van der Waals surface area contributed by atoms with E-state index in [0.717, 1.165) is 5.69 Å². The number of Topliss-reactive ketones (excluding diaryl/α,β-unsaturated/α-hetero) is 2. The molecule has 24 heavy (non-hydrogen) atoms. The number of hydrogen-bond acceptors (Lipinski definition) is 6. The lowest BCUT2D eigenvalue weighted by Crippen LogP contribution is -2.46. The van der Waals surface area contributed by atoms with E-state index in [0.29, 0.717) is 13.1 Å². The number of nitrogens with one attached hydrogen (secondary N) is 1. The summed E-state index contributed by atoms with van der Waals surface area (Å²) in [6.07, 6.45) is 2.64. The van der Waals surface area contributed by atoms with Crippen molar-refractivity contribution in [3.63, 3.8) is 0 Å². The minimum Gasteiger partial charge on any atom is -0.505 e. The quantitative estimate of drug-likeness (QED) is 0.491. The van der Waals surface area contributed by atoms with Crippen molar-refractivity contribution in [1.29, 1.82) is 0 Å². The number of nitrogens with zero attached hydrogens (tertiary/aromatic N) is 2. The fourth-order valence-electron chi connectivity index (χ4n) is 2.81. The van der Waals surface area contributed by atoms with Gasteiger partial charge in [0, 0.05) is 31.8 Å². The van der Waals surface area contributed by atoms with Crippen molar-refractivity contribution < 1.29 is 19.1 Å². The number of allylic oxidation sites excluding steroid dienone is 1. The molecule has 1 fully saturated rings. The first kappa shape index (κ1) is 16.2. The van der Waals surface area contributed by atoms with Crippen LogP contribution in [0, 0.1) is 5.82 Å². The van der Waals surface area contributed by atoms with Gasteiger partial charge < -0.3 is 15.4 Å². The monoisotopic (exact) mass is 331 g/mol. The molecule has 0 radical (unpaired) electrons. The van der Waals surface area contributed by atoms with Crippen molar-refractivity contribution in [2.45, 2.75) is 19.3 Å². The number of hydrazine groups is 1. The standard InChI is InChI=1S/C17H18FN3O3/c1-20-10-21(12-7-5-11(18)6-8-12)9-13(19-20)17(24)16-14(22)3-2-4-15(16)23/h5-9,19,24H,2-4,10H2,1H3. The highest BCUT2D eigenvalue weighted by atomic mass is 19.1. The van der Waals surface area contributed by atoms with Crippen LogP contribution in [0.3, 0.4) is 0 Å². The fraction of sp³-hybridized carbons (Fsp3) is 0.294. The Balaban J connectivity index is 1.97. The van der Waals surface area contributed by atoms with Crippen LogP contribution < -0.4 is 10.3 Å². The number of hydrogen-bond donors (Lipinski definition) is 2. The second-order valence-electron chi connectivity index (χ2n) is 5.86. The van der Waals surface area contributed by atoms with Gasteiger partial charge in [0.2, 0.25) is 0 Å². The van der Waals surface area contributed by atoms with Crippen molar-refractivity contribution >= 4 is 17.3 Å². The predicted octanol–water partition coefficient (Wildman–Crippen LogP) is 2.02. The fourth-order valence-corrected chi connectivity index (χ4v) is 2.81. The topological polar surface area (TPSA) is 72.9 Å². The Labute approximate surface area is 138 Å². The predicted molar refractivity (Wildman–Crippen MR) is 86.2 cm³/mol. The Kier molecular flexibility index (Phi) is 4.35. The third-order valence-electron chi connectivity index (χ3n) is 3.98. The molecule has 1 saturated carbocycles. The van der Waals surface area contributed by atoms with E-state index < -0.39 is 0 Å². The van der Waals surface area contributed by atoms with Gasteiger partial charge in [0.15, 0.2) is 17.3 Å². The molecule has 3 rings (SSSR count). The number of aliphatic hydroxyl groups is 1. The molecular formula is C17H18FN3O3. The van der Waals surface area contributed by atoms with Crippen LogP contribution in [-0.2, 0) is 9.59 Å². The number of anilines is 1. The summed E-state index contributed by atoms with van der Waals surface area (Å²) in [5.74, 6) is -1.36. The van der Waals surface area contributed by atoms with Gasteiger partial charge >= 0.3 is 0 Å². The van der Waals surface area contributed by atoms with Crippen LogP contribution in [0.25, 0.3) is 0 Å². The van der Waals surface area contributed by atoms with Gasteiger partial charge in [0.1, 0.15) is 17.1 Å². The first-order valence-corrected chi connectivity index (χ1v) is 7.67. The zero-order valence-corrected chi connectivity index (χ0v) is 13.3. The van der Waals surface area contributed by atoms with Gasteiger partial charge in [-0.3, -0.25) is 9.59 Å². The van der Waals surface area contributed by atoms with Crippen molar-refractivity contribution in [3.05, 3.63) is 53.3 Å². The Morgan fingerprint density at radius 3 is 2.42 bits per heavy atom. The highest BCUT2D eigenvalue weighted by Gasteiger charge is 2.30. The molecule has 1 aliphatic heterocycles. The van der Waals surface area contributed by atoms with E-state index in [1.807, 2.05) is 0 Å². The molecule has 2 aliphatic rings. The van der Waals surface area contributed by atoms with E-state index in [1.165, 1.54) is 12.1 Å². The van der Waals surface area contributed by atoms with Gasteiger partial charge in [-0.2, -0.15) is 0 Å². The molecule has 0 atom stereocenters. The molecule has 0 bridgehead atoms. The van der Waals surface area contributed by atoms with Crippen molar-refractivity contribution in [1.82, 2.24) is 10.4 Å². The van der Waals surface area contributed by atoms with E-state index >= 15 is 0 Å². The first-order valence-electron chi connectivity index (χ1n) is 7.67. The van der Waals surface area contributed by atoms with Crippen molar-refractivity contribution in [2.24, 2.45) is 0 Å². The molecular weight excluding hydrogens is 313 g/mol. The Morgan fingerprint density at radius 2 is 1.79 bits per heavy atom. The molecule has 1 aromatic rings. The maximum absolute atomic E-state index is 13.1. The number of ketones is 2. The van der Waals surface area contributed by atoms with Gasteiger partial charge in [-0.05, 0) is 30.7 Å². The van der Waals surface area contributed by atoms with Crippen LogP contribution in [0.4, 0.5) is 10.1 Å². The lowest BCUT2D eigenvalue weighted by atomic mass is 9.90. The zero-order chi connectivity index (χ0) is 17.3. The van der Waals surface area contributed by atoms with Gasteiger partial charge in [0.25, 0.3) is 0 Å². The molecule has 2 N–H and O–H groups in total. The summed E-state index contributed by atoms with van der Waals surface area (Å²) in [7, 11) is 1.76. The van der Waals surface area contributed by atoms with Crippen LogP contribution >= 0.6 is 0 Å². The van der Waals surface area contributed by atoms with E-state index in [-0.39, 0.29) is 47.3 Å². The maximum atomic E-state index is 13.1. The summed E-state index contributed by atoms with van der Waals surface area (Å²) in [5, 5.41) is 12.1. The summed E-state index contributed by atoms with van der Waals surface area (Å²) >= 11 is 0. The summed E-state index contributed by atoms with van der Waals surface area (Å²) in [5.41, 5.74) is 3.77. The zero-order valence-electron chi connectivity index (χ0n) is 13.3. The molecule has 0 aromatic heterocycles. The molecule has 0 spiro atoms. The minimum absolute atomic E-state index is 0.144. The average Bonchev–Trinajstić information content (AvgIpc) is 2.54. The Hall–Kier alpha value is -2.67. The molecule has 6 nitrogen and oxygen atoms in total. The van der Waals surface area contributed by atoms with E-state index in [1.54, 1.807) is 35.3 Å². The van der Waals surface area contributed by atoms with Crippen molar-refractivity contribution in [2.75, 3.05) is 18.6 Å². The molecule has 0 amide bonds. The van der Waals surface area contributed by atoms with Crippen molar-refractivity contribution in [3.8, 4) is 0 Å². The average molecular weight is 331 g/mol. The Morgan fingerprint density at radius 1 is 1.17 bits per heavy atom. The third kappa shape index (κ3) is 3.16. The highest BCUT2D eigenvalue weighted by Crippen LogP contribution is 2.25. The summed E-state index contributed by atoms with van der Waals surface area (Å²) in [4.78, 5) is 25.8. The summed E-state index contributed by atoms with van der Waals surface area (Å²) in [6, 6.07) is 5.92. The number of aliphatic hydroxyl groups excluding tert-OH is 1. The van der Waals surface area contributed by atoms with Crippen LogP contribution in [0.5, 0.6) is 0 Å². The van der Waals surface area contributed by atoms with E-state index in [9.17, 15) is 19.1 Å². The van der Waals surface area contributed by atoms with Crippen LogP contribution in [-0.4, -0.2) is 35.4 Å². The smallest absolute Gasteiger partial charge is 0.170 e. The summed E-state index contributed by atoms with van der Waals surface area (Å²) < 4.78 is 13.1. The van der Waals surface area contributed by atoms with Crippen LogP contribution in [0.1, 0.15) is 19.3 Å². The molecule has 7 heteroatoms. The molecule has 0 unspecified atom stereocenters. The van der Waals surface area contributed by atoms with Crippen LogP contribution in [0.15, 0.2) is 47.5 Å². The third-order valence-corrected chi connectivity index (χ3v) is 3.98. The number of benzene rings is 1. The number of carbonyl (C=O) groups excluding carboxylic acids is 2. The second-order valence-corrected chi connectivity index (χ2v) is 5.86. The number of halogens is 1. The van der Waals surface area contributed by atoms with Gasteiger partial charge in [-0.15, -0.1) is 0 Å². The van der Waals surface area contributed by atoms with E-state index in [4.69, 9.17) is 0 Å². The molecule has 0 saturated heterocycles. The molecule has 1 aromatic carbocycles. The number of rotatable bonds is 2. The lowest BCUT2D eigenvalue weighted by Gasteiger charge is -2.34. The molecule has 1 heterocycles. The molecule has 1 aliphatic carbocycles. The van der Waals surface area contributed by atoms with Gasteiger partial charge in [0.05, 0.1) is 6.67 Å². The number of carbonyl (C=O) groups is 2. The summed E-state index contributed by atoms with van der Waals surface area (Å²) in [6.45, 7) is 0.444. The SMILES string of the molecule is CN1CN(c2ccc(F)cc2)C=C(C(O)=C2C(=O)CCCC2=O)N1. The van der Waals surface area contributed by atoms with Gasteiger partial charge in [-0.1, -0.05) is 0 Å². The lowest BCUT2D eigenvalue weighted by molar-refractivity contribution is -0.124. The molecule has 126 valence electrons. The maximum Gasteiger partial charge on any atom is 0.170 e. The van der Waals surface area contributed by atoms with Gasteiger partial charge in [-0.25, -0.2) is 9.40 Å².